The number of hydrogen-bond donors (Lipinski definition) is 0. The van der Waals surface area contributed by atoms with E-state index >= 15 is 0 Å². The van der Waals surface area contributed by atoms with Crippen LogP contribution in [0.25, 0.3) is 0 Å². The van der Waals surface area contributed by atoms with E-state index in [9.17, 15) is 0 Å². The van der Waals surface area contributed by atoms with Gasteiger partial charge in [0.25, 0.3) is 0 Å². The Hall–Kier alpha value is -1.30. The van der Waals surface area contributed by atoms with Crippen LogP contribution >= 0.6 is 0 Å². The molecule has 4 rings (SSSR count). The van der Waals surface area contributed by atoms with Crippen molar-refractivity contribution >= 4 is 0 Å². The monoisotopic (exact) mass is 402 g/mol. The van der Waals surface area contributed by atoms with Crippen LogP contribution in [0, 0.1) is 17.8 Å². The molecule has 1 aliphatic carbocycles. The zero-order chi connectivity index (χ0) is 20.1. The summed E-state index contributed by atoms with van der Waals surface area (Å²) in [4.78, 5) is 5.19. The zero-order valence-corrected chi connectivity index (χ0v) is 18.3. The molecule has 1 aromatic carbocycles. The lowest BCUT2D eigenvalue weighted by atomic mass is 10.1. The molecule has 5 nitrogen and oxygen atoms in total. The minimum Gasteiger partial charge on any atom is -0.493 e. The molecule has 3 aliphatic rings. The highest BCUT2D eigenvalue weighted by Crippen LogP contribution is 2.52. The lowest BCUT2D eigenvalue weighted by Crippen LogP contribution is -2.31. The van der Waals surface area contributed by atoms with Crippen LogP contribution in [0.1, 0.15) is 38.2 Å². The second-order valence-electron chi connectivity index (χ2n) is 8.93. The summed E-state index contributed by atoms with van der Waals surface area (Å²) in [5.41, 5.74) is 1.31. The molecule has 29 heavy (non-hydrogen) atoms. The fourth-order valence-corrected chi connectivity index (χ4v) is 5.25. The van der Waals surface area contributed by atoms with Gasteiger partial charge in [-0.25, -0.2) is 0 Å². The van der Waals surface area contributed by atoms with Crippen LogP contribution in [0.15, 0.2) is 18.2 Å². The highest BCUT2D eigenvalue weighted by molar-refractivity contribution is 5.43. The lowest BCUT2D eigenvalue weighted by Gasteiger charge is -2.26. The van der Waals surface area contributed by atoms with Gasteiger partial charge in [-0.15, -0.1) is 0 Å². The molecule has 3 atom stereocenters. The van der Waals surface area contributed by atoms with E-state index in [1.807, 2.05) is 13.0 Å². The first-order valence-electron chi connectivity index (χ1n) is 11.6. The number of fused-ring (bicyclic) bond motifs is 1. The summed E-state index contributed by atoms with van der Waals surface area (Å²) in [6.45, 7) is 11.8. The molecule has 2 saturated heterocycles. The second kappa shape index (κ2) is 10.1. The van der Waals surface area contributed by atoms with E-state index in [2.05, 4.69) is 21.9 Å². The Balaban J connectivity index is 1.12. The molecule has 162 valence electrons. The second-order valence-corrected chi connectivity index (χ2v) is 8.93. The fourth-order valence-electron chi connectivity index (χ4n) is 5.25. The Morgan fingerprint density at radius 2 is 1.79 bits per heavy atom. The Kier molecular flexibility index (Phi) is 7.33. The molecule has 0 unspecified atom stereocenters. The van der Waals surface area contributed by atoms with E-state index in [0.717, 1.165) is 49.0 Å². The van der Waals surface area contributed by atoms with Crippen LogP contribution in [-0.4, -0.2) is 69.5 Å². The summed E-state index contributed by atoms with van der Waals surface area (Å²) in [5.74, 6) is 4.17. The Labute approximate surface area is 176 Å². The molecular weight excluding hydrogens is 364 g/mol. The molecule has 1 aromatic rings. The maximum absolute atomic E-state index is 6.03. The van der Waals surface area contributed by atoms with E-state index in [-0.39, 0.29) is 0 Å². The van der Waals surface area contributed by atoms with Crippen molar-refractivity contribution in [1.82, 2.24) is 9.80 Å². The van der Waals surface area contributed by atoms with Gasteiger partial charge in [-0.1, -0.05) is 12.5 Å². The molecule has 0 N–H and O–H groups in total. The number of rotatable bonds is 11. The van der Waals surface area contributed by atoms with E-state index in [0.29, 0.717) is 6.61 Å². The zero-order valence-electron chi connectivity index (χ0n) is 18.3. The van der Waals surface area contributed by atoms with Gasteiger partial charge in [-0.05, 0) is 74.7 Å². The Morgan fingerprint density at radius 3 is 2.52 bits per heavy atom. The van der Waals surface area contributed by atoms with Crippen LogP contribution in [-0.2, 0) is 11.3 Å². The van der Waals surface area contributed by atoms with Gasteiger partial charge in [0.15, 0.2) is 11.5 Å². The minimum absolute atomic E-state index is 0.660. The maximum Gasteiger partial charge on any atom is 0.161 e. The first-order valence-corrected chi connectivity index (χ1v) is 11.6. The predicted octanol–water partition coefficient (Wildman–Crippen LogP) is 3.66. The standard InChI is InChI=1S/C24H38N2O3/c1-3-29-24-14-19(8-9-23(24)27-2)15-26-16-20-21(17-26)22(20)18-28-13-7-12-25-10-5-4-6-11-25/h8-9,14,20-22H,3-7,10-13,15-18H2,1-2H3/t20-,21+,22+. The Morgan fingerprint density at radius 1 is 1.00 bits per heavy atom. The number of ether oxygens (including phenoxy) is 3. The molecule has 2 aliphatic heterocycles. The first-order chi connectivity index (χ1) is 14.3. The largest absolute Gasteiger partial charge is 0.493 e. The molecule has 0 spiro atoms. The molecule has 0 aromatic heterocycles. The van der Waals surface area contributed by atoms with Gasteiger partial charge in [-0.2, -0.15) is 0 Å². The Bertz CT molecular complexity index is 635. The van der Waals surface area contributed by atoms with Crippen molar-refractivity contribution in [2.45, 2.75) is 39.2 Å². The number of nitrogens with zero attached hydrogens (tertiary/aromatic N) is 2. The molecule has 1 saturated carbocycles. The van der Waals surface area contributed by atoms with Crippen LogP contribution in [0.5, 0.6) is 11.5 Å². The summed E-state index contributed by atoms with van der Waals surface area (Å²) in [5, 5.41) is 0. The average Bonchev–Trinajstić information content (AvgIpc) is 3.19. The van der Waals surface area contributed by atoms with Gasteiger partial charge in [0.2, 0.25) is 0 Å². The quantitative estimate of drug-likeness (QED) is 0.528. The van der Waals surface area contributed by atoms with Crippen LogP contribution in [0.4, 0.5) is 0 Å². The van der Waals surface area contributed by atoms with Crippen molar-refractivity contribution in [3.8, 4) is 11.5 Å². The minimum atomic E-state index is 0.660. The summed E-state index contributed by atoms with van der Waals surface area (Å²) in [6, 6.07) is 6.32. The average molecular weight is 403 g/mol. The number of piperidine rings is 2. The number of benzene rings is 1. The normalized spacial score (nSPS) is 27.0. The van der Waals surface area contributed by atoms with Gasteiger partial charge in [0, 0.05) is 32.8 Å². The molecule has 0 bridgehead atoms. The highest BCUT2D eigenvalue weighted by Gasteiger charge is 2.55. The molecule has 5 heteroatoms. The van der Waals surface area contributed by atoms with Gasteiger partial charge >= 0.3 is 0 Å². The van der Waals surface area contributed by atoms with Crippen molar-refractivity contribution in [2.24, 2.45) is 17.8 Å². The van der Waals surface area contributed by atoms with Gasteiger partial charge in [-0.3, -0.25) is 4.90 Å². The van der Waals surface area contributed by atoms with Gasteiger partial charge < -0.3 is 19.1 Å². The van der Waals surface area contributed by atoms with E-state index < -0.39 is 0 Å². The van der Waals surface area contributed by atoms with Crippen LogP contribution < -0.4 is 9.47 Å². The third kappa shape index (κ3) is 5.44. The molecule has 2 heterocycles. The van der Waals surface area contributed by atoms with Crippen molar-refractivity contribution < 1.29 is 14.2 Å². The smallest absolute Gasteiger partial charge is 0.161 e. The molecule has 0 amide bonds. The van der Waals surface area contributed by atoms with E-state index in [4.69, 9.17) is 14.2 Å². The van der Waals surface area contributed by atoms with E-state index in [1.54, 1.807) is 7.11 Å². The van der Waals surface area contributed by atoms with Crippen molar-refractivity contribution in [2.75, 3.05) is 59.7 Å². The third-order valence-corrected chi connectivity index (χ3v) is 6.90. The SMILES string of the molecule is CCOc1cc(CN2C[C@@H]3[C@@H](COCCCN4CCCCC4)[C@@H]3C2)ccc1OC. The molecule has 3 fully saturated rings. The third-order valence-electron chi connectivity index (χ3n) is 6.90. The van der Waals surface area contributed by atoms with Crippen LogP contribution in [0.3, 0.4) is 0 Å². The predicted molar refractivity (Wildman–Crippen MR) is 116 cm³/mol. The summed E-state index contributed by atoms with van der Waals surface area (Å²) in [7, 11) is 1.70. The van der Waals surface area contributed by atoms with Crippen LogP contribution in [0.2, 0.25) is 0 Å². The fraction of sp³-hybridized carbons (Fsp3) is 0.750. The molecule has 0 radical (unpaired) electrons. The summed E-state index contributed by atoms with van der Waals surface area (Å²) < 4.78 is 17.1. The molecular formula is C24H38N2O3. The van der Waals surface area contributed by atoms with Crippen molar-refractivity contribution in [1.29, 1.82) is 0 Å². The lowest BCUT2D eigenvalue weighted by molar-refractivity contribution is 0.0967. The highest BCUT2D eigenvalue weighted by atomic mass is 16.5. The summed E-state index contributed by atoms with van der Waals surface area (Å²) in [6.07, 6.45) is 5.37. The summed E-state index contributed by atoms with van der Waals surface area (Å²) >= 11 is 0. The topological polar surface area (TPSA) is 34.2 Å². The first kappa shape index (κ1) is 21.0. The van der Waals surface area contributed by atoms with Crippen molar-refractivity contribution in [3.05, 3.63) is 23.8 Å². The number of hydrogen-bond acceptors (Lipinski definition) is 5. The number of likely N-dealkylation sites (tertiary alicyclic amines) is 2. The maximum atomic E-state index is 6.03. The van der Waals surface area contributed by atoms with Gasteiger partial charge in [0.05, 0.1) is 20.3 Å². The van der Waals surface area contributed by atoms with Gasteiger partial charge in [0.1, 0.15) is 0 Å². The number of methoxy groups -OCH3 is 1. The van der Waals surface area contributed by atoms with Crippen molar-refractivity contribution in [3.63, 3.8) is 0 Å². The van der Waals surface area contributed by atoms with E-state index in [1.165, 1.54) is 64.0 Å².